The number of hydrogen-bond acceptors (Lipinski definition) is 5. The highest BCUT2D eigenvalue weighted by Gasteiger charge is 2.46. The van der Waals surface area contributed by atoms with Gasteiger partial charge in [-0.1, -0.05) is 334 Å². The number of hydrogen-bond donors (Lipinski definition) is 0. The van der Waals surface area contributed by atoms with E-state index in [1.54, 1.807) is 0 Å². The average molecular weight is 1570 g/mol. The quantitative estimate of drug-likeness (QED) is 0.121. The van der Waals surface area contributed by atoms with Crippen molar-refractivity contribution >= 4 is 101 Å². The third-order valence-electron chi connectivity index (χ3n) is 25.0. The Morgan fingerprint density at radius 3 is 1.09 bits per heavy atom. The summed E-state index contributed by atoms with van der Waals surface area (Å²) in [5.41, 5.74) is 28.1. The normalized spacial score (nSPS) is 13.6. The highest BCUT2D eigenvalue weighted by atomic mass is 15.2. The maximum absolute atomic E-state index is 9.81. The van der Waals surface area contributed by atoms with E-state index < -0.39 is 30.3 Å². The number of anilines is 6. The number of nitrogens with zero attached hydrogens (tertiary/aromatic N) is 7. The Labute approximate surface area is 719 Å². The molecular weight excluding hydrogens is 1470 g/mol. The molecule has 0 amide bonds. The van der Waals surface area contributed by atoms with Crippen LogP contribution in [0.5, 0.6) is 0 Å². The van der Waals surface area contributed by atoms with Crippen molar-refractivity contribution in [2.75, 3.05) is 9.80 Å². The second-order valence-corrected chi connectivity index (χ2v) is 38.2. The monoisotopic (exact) mass is 1570 g/mol. The van der Waals surface area contributed by atoms with Crippen LogP contribution in [0.2, 0.25) is 0 Å². The van der Waals surface area contributed by atoms with Gasteiger partial charge in [0.15, 0.2) is 17.5 Å². The molecule has 0 fully saturated rings. The fourth-order valence-electron chi connectivity index (χ4n) is 18.4. The van der Waals surface area contributed by atoms with Gasteiger partial charge in [0.1, 0.15) is 0 Å². The first-order chi connectivity index (χ1) is 60.2. The van der Waals surface area contributed by atoms with E-state index in [-0.39, 0.29) is 39.3 Å². The zero-order valence-corrected chi connectivity index (χ0v) is 71.6. The zero-order chi connectivity index (χ0) is 87.7. The molecule has 0 radical (unpaired) electrons. The van der Waals surface area contributed by atoms with Gasteiger partial charge in [0.05, 0.1) is 46.0 Å². The first-order valence-electron chi connectivity index (χ1n) is 44.9. The number of aromatic nitrogens is 5. The summed E-state index contributed by atoms with van der Waals surface area (Å²) in [5, 5.41) is 4.60. The lowest BCUT2D eigenvalue weighted by molar-refractivity contribution is 0.590. The maximum atomic E-state index is 9.81. The molecule has 0 saturated carbocycles. The molecule has 0 atom stereocenters. The Bertz CT molecular complexity index is 7240. The second-order valence-electron chi connectivity index (χ2n) is 38.2. The average Bonchev–Trinajstić information content (AvgIpc) is 1.01. The standard InChI is InChI=1S/C113H100BN7/c1-109(2,3)79-48-56-96-88(62-79)89-63-80(110(4,5)6)49-57-97(89)118(96)84-52-54-94-101(68-84)121(105-87(74-40-28-19-29-41-74)66-83(113(13,14)15)67-92(105)108-116-106(75-42-30-20-31-43-75)115-107(117-108)76-44-32-21-33-45-76)103-70-85(119-98-58-50-81(111(7,8)9)64-90(98)91-65-82(112(10,11)12)51-59-99(91)119)69-102-104(103)114(94)93-53-46-78(72-36-24-17-25-37-72)61-100(93)120(102)95-55-47-77(71-34-22-16-23-35-71)60-86(95)73-38-26-18-27-39-73/h16-70H,1-15H3/i17D,24D,25D,36D,37D. The van der Waals surface area contributed by atoms with E-state index in [0.29, 0.717) is 23.0 Å². The Kier molecular flexibility index (Phi) is 16.7. The molecule has 5 heterocycles. The van der Waals surface area contributed by atoms with Gasteiger partial charge in [-0.15, -0.1) is 0 Å². The van der Waals surface area contributed by atoms with Crippen LogP contribution in [0.1, 0.15) is 139 Å². The zero-order valence-electron chi connectivity index (χ0n) is 76.6. The summed E-state index contributed by atoms with van der Waals surface area (Å²) in [5.74, 6) is 1.55. The van der Waals surface area contributed by atoms with Crippen LogP contribution in [0.25, 0.3) is 134 Å². The maximum Gasteiger partial charge on any atom is 0.252 e. The molecule has 0 aliphatic carbocycles. The van der Waals surface area contributed by atoms with Crippen molar-refractivity contribution in [1.29, 1.82) is 0 Å². The molecule has 20 rings (SSSR count). The summed E-state index contributed by atoms with van der Waals surface area (Å²) in [6.07, 6.45) is 0. The van der Waals surface area contributed by atoms with E-state index in [1.165, 1.54) is 33.0 Å². The fraction of sp³-hybridized carbons (Fsp3) is 0.177. The predicted octanol–water partition coefficient (Wildman–Crippen LogP) is 28.3. The van der Waals surface area contributed by atoms with Crippen molar-refractivity contribution in [3.8, 4) is 90.0 Å². The molecule has 0 saturated heterocycles. The highest BCUT2D eigenvalue weighted by Crippen LogP contribution is 2.55. The third-order valence-corrected chi connectivity index (χ3v) is 25.0. The van der Waals surface area contributed by atoms with Crippen LogP contribution in [0, 0.1) is 0 Å². The topological polar surface area (TPSA) is 55.0 Å². The van der Waals surface area contributed by atoms with E-state index in [0.717, 1.165) is 150 Å². The minimum Gasteiger partial charge on any atom is -0.311 e. The molecule has 8 heteroatoms. The Morgan fingerprint density at radius 2 is 0.628 bits per heavy atom. The van der Waals surface area contributed by atoms with E-state index in [2.05, 4.69) is 384 Å². The second kappa shape index (κ2) is 28.7. The van der Waals surface area contributed by atoms with Crippen molar-refractivity contribution in [3.63, 3.8) is 0 Å². The van der Waals surface area contributed by atoms with Gasteiger partial charge in [0.25, 0.3) is 6.71 Å². The van der Waals surface area contributed by atoms with E-state index in [9.17, 15) is 5.48 Å². The first kappa shape index (κ1) is 70.6. The van der Waals surface area contributed by atoms with Crippen LogP contribution in [0.4, 0.5) is 34.1 Å². The number of rotatable bonds is 11. The van der Waals surface area contributed by atoms with Gasteiger partial charge in [0, 0.05) is 77.8 Å². The van der Waals surface area contributed by atoms with Gasteiger partial charge in [-0.3, -0.25) is 0 Å². The molecule has 0 spiro atoms. The van der Waals surface area contributed by atoms with Gasteiger partial charge in [-0.2, -0.15) is 0 Å². The SMILES string of the molecule is [2H]c1c([2H])c([2H])c(-c2ccc3c(c2)N(c2ccc(-c4ccccc4)cc2-c2ccccc2)c2cc(-n4c5ccc(C(C)(C)C)cc5c5cc(C(C)(C)C)ccc54)cc4c2B3c2ccc(-n3c5ccc(C(C)(C)C)cc5c5cc(C(C)(C)C)ccc53)cc2N4c2c(-c3ccccc3)cc(C(C)(C)C)cc2-c2nc(-c3ccccc3)nc(-c3ccccc3)n2)c([2H])c1[2H]. The smallest absolute Gasteiger partial charge is 0.252 e. The Balaban J connectivity index is 1.01. The van der Waals surface area contributed by atoms with Crippen LogP contribution in [-0.4, -0.2) is 30.8 Å². The predicted molar refractivity (Wildman–Crippen MR) is 514 cm³/mol. The molecule has 2 aliphatic heterocycles. The molecule has 2 aliphatic rings. The molecule has 0 unspecified atom stereocenters. The van der Waals surface area contributed by atoms with Gasteiger partial charge in [0.2, 0.25) is 0 Å². The van der Waals surface area contributed by atoms with Crippen LogP contribution in [0.3, 0.4) is 0 Å². The summed E-state index contributed by atoms with van der Waals surface area (Å²) < 4.78 is 52.1. The van der Waals surface area contributed by atoms with Gasteiger partial charge < -0.3 is 18.9 Å². The fourth-order valence-corrected chi connectivity index (χ4v) is 18.4. The molecule has 7 nitrogen and oxygen atoms in total. The number of benzene rings is 15. The van der Waals surface area contributed by atoms with Crippen molar-refractivity contribution in [2.24, 2.45) is 0 Å². The van der Waals surface area contributed by atoms with Crippen molar-refractivity contribution in [1.82, 2.24) is 24.1 Å². The minimum atomic E-state index is -0.554. The van der Waals surface area contributed by atoms with Crippen molar-refractivity contribution in [2.45, 2.75) is 131 Å². The Morgan fingerprint density at radius 1 is 0.256 bits per heavy atom. The van der Waals surface area contributed by atoms with Gasteiger partial charge in [-0.25, -0.2) is 15.0 Å². The summed E-state index contributed by atoms with van der Waals surface area (Å²) >= 11 is 0. The lowest BCUT2D eigenvalue weighted by Gasteiger charge is -2.46. The van der Waals surface area contributed by atoms with E-state index in [1.807, 2.05) is 42.5 Å². The Hall–Kier alpha value is -13.4. The van der Waals surface area contributed by atoms with Crippen molar-refractivity contribution in [3.05, 3.63) is 361 Å². The van der Waals surface area contributed by atoms with E-state index >= 15 is 0 Å². The third kappa shape index (κ3) is 13.3. The molecule has 18 aromatic rings. The van der Waals surface area contributed by atoms with Crippen LogP contribution in [0.15, 0.2) is 334 Å². The lowest BCUT2D eigenvalue weighted by Crippen LogP contribution is -2.61. The summed E-state index contributed by atoms with van der Waals surface area (Å²) in [4.78, 5) is 22.1. The molecular formula is C113H100BN7. The molecule has 15 aromatic carbocycles. The lowest BCUT2D eigenvalue weighted by atomic mass is 9.33. The van der Waals surface area contributed by atoms with Gasteiger partial charge in [-0.05, 0) is 208 Å². The molecule has 121 heavy (non-hydrogen) atoms. The van der Waals surface area contributed by atoms with E-state index in [4.69, 9.17) is 16.3 Å². The highest BCUT2D eigenvalue weighted by molar-refractivity contribution is 7.00. The van der Waals surface area contributed by atoms with Crippen LogP contribution < -0.4 is 26.2 Å². The van der Waals surface area contributed by atoms with Gasteiger partial charge >= 0.3 is 0 Å². The summed E-state index contributed by atoms with van der Waals surface area (Å²) in [7, 11) is 0. The first-order valence-corrected chi connectivity index (χ1v) is 42.4. The minimum absolute atomic E-state index is 0.111. The molecule has 0 N–H and O–H groups in total. The molecule has 0 bridgehead atoms. The molecule has 3 aromatic heterocycles. The number of fused-ring (bicyclic) bond motifs is 10. The van der Waals surface area contributed by atoms with Crippen molar-refractivity contribution < 1.29 is 6.85 Å². The summed E-state index contributed by atoms with van der Waals surface area (Å²) in [6.45, 7) is 33.9. The summed E-state index contributed by atoms with van der Waals surface area (Å²) in [6, 6.07) is 109. The largest absolute Gasteiger partial charge is 0.311 e. The van der Waals surface area contributed by atoms with Crippen LogP contribution >= 0.6 is 0 Å². The molecule has 590 valence electrons. The van der Waals surface area contributed by atoms with Crippen LogP contribution in [-0.2, 0) is 27.1 Å².